The van der Waals surface area contributed by atoms with Crippen LogP contribution < -0.4 is 14.8 Å². The smallest absolute Gasteiger partial charge is 0.239 e. The number of aryl methyl sites for hydroxylation is 2. The highest BCUT2D eigenvalue weighted by molar-refractivity contribution is 5.91. The van der Waals surface area contributed by atoms with Gasteiger partial charge in [-0.3, -0.25) is 9.69 Å². The molecule has 0 radical (unpaired) electrons. The molecule has 0 bridgehead atoms. The fraction of sp³-hybridized carbons (Fsp3) is 0.417. The second-order valence-corrected chi connectivity index (χ2v) is 8.47. The molecule has 1 aliphatic heterocycles. The monoisotopic (exact) mass is 465 g/mol. The summed E-state index contributed by atoms with van der Waals surface area (Å²) >= 11 is 0. The van der Waals surface area contributed by atoms with Crippen molar-refractivity contribution in [2.45, 2.75) is 13.8 Å². The molecule has 1 amide bonds. The van der Waals surface area contributed by atoms with Crippen LogP contribution in [0.15, 0.2) is 30.3 Å². The molecule has 10 heteroatoms. The summed E-state index contributed by atoms with van der Waals surface area (Å²) in [6.07, 6.45) is 0. The highest BCUT2D eigenvalue weighted by Gasteiger charge is 2.19. The molecule has 2 aromatic heterocycles. The zero-order chi connectivity index (χ0) is 24.2. The van der Waals surface area contributed by atoms with Crippen LogP contribution in [-0.4, -0.2) is 89.4 Å². The standard InChI is InChI=1S/C24H31N7O3/c1-16-12-17(2)31(28-16)22-14-21(25-23(32)15-30-10-8-29(3)9-11-30)26-24(27-22)19-7-6-18(33-4)13-20(19)34-5/h6-7,12-14H,8-11,15H2,1-5H3,(H,25,26,27,32). The number of amides is 1. The molecule has 3 heterocycles. The SMILES string of the molecule is COc1ccc(-c2nc(NC(=O)CN3CCN(C)CC3)cc(-n3nc(C)cc3C)n2)c(OC)c1. The van der Waals surface area contributed by atoms with Crippen molar-refractivity contribution < 1.29 is 14.3 Å². The molecule has 34 heavy (non-hydrogen) atoms. The van der Waals surface area contributed by atoms with Crippen molar-refractivity contribution in [3.63, 3.8) is 0 Å². The number of nitrogens with one attached hydrogen (secondary N) is 1. The number of piperazine rings is 1. The molecular formula is C24H31N7O3. The molecular weight excluding hydrogens is 434 g/mol. The van der Waals surface area contributed by atoms with Crippen LogP contribution in [0.4, 0.5) is 5.82 Å². The number of rotatable bonds is 7. The van der Waals surface area contributed by atoms with Gasteiger partial charge in [0.15, 0.2) is 11.6 Å². The van der Waals surface area contributed by atoms with E-state index in [4.69, 9.17) is 14.5 Å². The number of carbonyl (C=O) groups excluding carboxylic acids is 1. The Labute approximate surface area is 199 Å². The number of hydrogen-bond donors (Lipinski definition) is 1. The summed E-state index contributed by atoms with van der Waals surface area (Å²) < 4.78 is 12.6. The molecule has 0 spiro atoms. The molecule has 0 saturated carbocycles. The summed E-state index contributed by atoms with van der Waals surface area (Å²) in [6, 6.07) is 9.15. The van der Waals surface area contributed by atoms with Gasteiger partial charge in [0.2, 0.25) is 5.91 Å². The number of benzene rings is 1. The third-order valence-electron chi connectivity index (χ3n) is 5.82. The van der Waals surface area contributed by atoms with Gasteiger partial charge in [-0.15, -0.1) is 0 Å². The van der Waals surface area contributed by atoms with Crippen LogP contribution in [0.3, 0.4) is 0 Å². The van der Waals surface area contributed by atoms with Crippen molar-refractivity contribution >= 4 is 11.7 Å². The first-order chi connectivity index (χ1) is 16.4. The van der Waals surface area contributed by atoms with E-state index in [1.165, 1.54) is 0 Å². The first kappa shape index (κ1) is 23.7. The Hall–Kier alpha value is -3.50. The fourth-order valence-corrected chi connectivity index (χ4v) is 3.96. The van der Waals surface area contributed by atoms with Gasteiger partial charge in [0.1, 0.15) is 17.3 Å². The lowest BCUT2D eigenvalue weighted by atomic mass is 10.1. The molecule has 1 fully saturated rings. The Kier molecular flexibility index (Phi) is 7.09. The van der Waals surface area contributed by atoms with Gasteiger partial charge in [0.25, 0.3) is 0 Å². The van der Waals surface area contributed by atoms with E-state index in [9.17, 15) is 4.79 Å². The lowest BCUT2D eigenvalue weighted by Gasteiger charge is -2.31. The molecule has 4 rings (SSSR count). The summed E-state index contributed by atoms with van der Waals surface area (Å²) in [5, 5.41) is 7.51. The Bertz CT molecular complexity index is 1170. The average molecular weight is 466 g/mol. The van der Waals surface area contributed by atoms with Gasteiger partial charge in [-0.05, 0) is 39.1 Å². The van der Waals surface area contributed by atoms with E-state index in [0.717, 1.165) is 37.6 Å². The molecule has 1 aromatic carbocycles. The Morgan fingerprint density at radius 3 is 2.44 bits per heavy atom. The number of methoxy groups -OCH3 is 2. The van der Waals surface area contributed by atoms with Crippen LogP contribution in [0.2, 0.25) is 0 Å². The second-order valence-electron chi connectivity index (χ2n) is 8.47. The highest BCUT2D eigenvalue weighted by Crippen LogP contribution is 2.32. The lowest BCUT2D eigenvalue weighted by molar-refractivity contribution is -0.117. The first-order valence-corrected chi connectivity index (χ1v) is 11.2. The van der Waals surface area contributed by atoms with E-state index in [1.807, 2.05) is 32.0 Å². The van der Waals surface area contributed by atoms with Crippen molar-refractivity contribution in [2.24, 2.45) is 0 Å². The van der Waals surface area contributed by atoms with E-state index in [-0.39, 0.29) is 5.91 Å². The van der Waals surface area contributed by atoms with Crippen LogP contribution >= 0.6 is 0 Å². The van der Waals surface area contributed by atoms with Gasteiger partial charge < -0.3 is 19.7 Å². The van der Waals surface area contributed by atoms with Crippen LogP contribution in [0.25, 0.3) is 17.2 Å². The van der Waals surface area contributed by atoms with Gasteiger partial charge in [0, 0.05) is 44.0 Å². The van der Waals surface area contributed by atoms with Crippen molar-refractivity contribution in [1.82, 2.24) is 29.5 Å². The normalized spacial score (nSPS) is 14.7. The lowest BCUT2D eigenvalue weighted by Crippen LogP contribution is -2.47. The van der Waals surface area contributed by atoms with Gasteiger partial charge in [-0.2, -0.15) is 5.10 Å². The quantitative estimate of drug-likeness (QED) is 0.567. The maximum Gasteiger partial charge on any atom is 0.239 e. The van der Waals surface area contributed by atoms with E-state index < -0.39 is 0 Å². The number of ether oxygens (including phenoxy) is 2. The third kappa shape index (κ3) is 5.35. The summed E-state index contributed by atoms with van der Waals surface area (Å²) in [7, 11) is 5.28. The molecule has 0 aliphatic carbocycles. The highest BCUT2D eigenvalue weighted by atomic mass is 16.5. The predicted octanol–water partition coefficient (Wildman–Crippen LogP) is 2.15. The zero-order valence-corrected chi connectivity index (χ0v) is 20.3. The Morgan fingerprint density at radius 2 is 1.79 bits per heavy atom. The van der Waals surface area contributed by atoms with Crippen LogP contribution in [0.5, 0.6) is 11.5 Å². The molecule has 1 saturated heterocycles. The molecule has 0 unspecified atom stereocenters. The Morgan fingerprint density at radius 1 is 1.03 bits per heavy atom. The van der Waals surface area contributed by atoms with Crippen molar-refractivity contribution in [1.29, 1.82) is 0 Å². The summed E-state index contributed by atoms with van der Waals surface area (Å²) in [6.45, 7) is 7.82. The summed E-state index contributed by atoms with van der Waals surface area (Å²) in [4.78, 5) is 26.6. The number of carbonyl (C=O) groups is 1. The van der Waals surface area contributed by atoms with E-state index in [0.29, 0.717) is 41.1 Å². The topological polar surface area (TPSA) is 97.6 Å². The minimum Gasteiger partial charge on any atom is -0.497 e. The number of hydrogen-bond acceptors (Lipinski definition) is 8. The second kappa shape index (κ2) is 10.2. The number of likely N-dealkylation sites (N-methyl/N-ethyl adjacent to an activating group) is 1. The first-order valence-electron chi connectivity index (χ1n) is 11.2. The zero-order valence-electron chi connectivity index (χ0n) is 20.3. The fourth-order valence-electron chi connectivity index (χ4n) is 3.96. The number of nitrogens with zero attached hydrogens (tertiary/aromatic N) is 6. The molecule has 1 N–H and O–H groups in total. The van der Waals surface area contributed by atoms with Crippen LogP contribution in [0.1, 0.15) is 11.4 Å². The van der Waals surface area contributed by atoms with Crippen molar-refractivity contribution in [2.75, 3.05) is 59.3 Å². The van der Waals surface area contributed by atoms with E-state index >= 15 is 0 Å². The van der Waals surface area contributed by atoms with Crippen molar-refractivity contribution in [3.8, 4) is 28.7 Å². The minimum atomic E-state index is -0.116. The molecule has 1 aliphatic rings. The summed E-state index contributed by atoms with van der Waals surface area (Å²) in [5.41, 5.74) is 2.49. The number of aromatic nitrogens is 4. The number of anilines is 1. The van der Waals surface area contributed by atoms with Crippen LogP contribution in [-0.2, 0) is 4.79 Å². The van der Waals surface area contributed by atoms with Gasteiger partial charge >= 0.3 is 0 Å². The largest absolute Gasteiger partial charge is 0.497 e. The maximum atomic E-state index is 12.8. The van der Waals surface area contributed by atoms with Gasteiger partial charge in [-0.1, -0.05) is 0 Å². The third-order valence-corrected chi connectivity index (χ3v) is 5.82. The van der Waals surface area contributed by atoms with E-state index in [1.54, 1.807) is 31.0 Å². The van der Waals surface area contributed by atoms with E-state index in [2.05, 4.69) is 32.2 Å². The molecule has 10 nitrogen and oxygen atoms in total. The van der Waals surface area contributed by atoms with Crippen molar-refractivity contribution in [3.05, 3.63) is 41.7 Å². The Balaban J connectivity index is 1.68. The van der Waals surface area contributed by atoms with Gasteiger partial charge in [0.05, 0.1) is 32.0 Å². The van der Waals surface area contributed by atoms with Gasteiger partial charge in [-0.25, -0.2) is 14.6 Å². The summed E-state index contributed by atoms with van der Waals surface area (Å²) in [5.74, 6) is 2.50. The average Bonchev–Trinajstić information content (AvgIpc) is 3.17. The minimum absolute atomic E-state index is 0.116. The van der Waals surface area contributed by atoms with Crippen LogP contribution in [0, 0.1) is 13.8 Å². The maximum absolute atomic E-state index is 12.8. The molecule has 0 atom stereocenters. The molecule has 3 aromatic rings. The molecule has 180 valence electrons. The predicted molar refractivity (Wildman–Crippen MR) is 130 cm³/mol.